The van der Waals surface area contributed by atoms with Crippen molar-refractivity contribution in [1.29, 1.82) is 0 Å². The summed E-state index contributed by atoms with van der Waals surface area (Å²) in [5.74, 6) is -0.788. The van der Waals surface area contributed by atoms with Crippen molar-refractivity contribution in [2.75, 3.05) is 13.2 Å². The number of nitrogens with zero attached hydrogens (tertiary/aromatic N) is 1. The highest BCUT2D eigenvalue weighted by atomic mass is 127. The fourth-order valence-electron chi connectivity index (χ4n) is 2.69. The molecule has 10 heteroatoms. The van der Waals surface area contributed by atoms with E-state index < -0.39 is 5.97 Å². The van der Waals surface area contributed by atoms with Gasteiger partial charge in [-0.1, -0.05) is 35.3 Å². The largest absolute Gasteiger partial charge is 0.479 e. The lowest BCUT2D eigenvalue weighted by atomic mass is 10.2. The Labute approximate surface area is 207 Å². The zero-order valence-corrected chi connectivity index (χ0v) is 20.7. The van der Waals surface area contributed by atoms with Crippen LogP contribution in [-0.4, -0.2) is 35.2 Å². The molecule has 0 atom stereocenters. The number of imide groups is 1. The highest BCUT2D eigenvalue weighted by Crippen LogP contribution is 2.37. The molecule has 1 saturated heterocycles. The molecular formula is C21H16Cl2INO5S. The van der Waals surface area contributed by atoms with E-state index in [1.807, 2.05) is 24.3 Å². The van der Waals surface area contributed by atoms with Gasteiger partial charge in [0.25, 0.3) is 11.1 Å². The molecule has 0 N–H and O–H groups in total. The first kappa shape index (κ1) is 23.9. The van der Waals surface area contributed by atoms with E-state index in [1.54, 1.807) is 25.1 Å². The average molecular weight is 592 g/mol. The highest BCUT2D eigenvalue weighted by Gasteiger charge is 2.35. The molecular weight excluding hydrogens is 576 g/mol. The van der Waals surface area contributed by atoms with Gasteiger partial charge in [0.2, 0.25) is 0 Å². The molecule has 0 saturated carbocycles. The summed E-state index contributed by atoms with van der Waals surface area (Å²) in [7, 11) is 0. The van der Waals surface area contributed by atoms with Crippen LogP contribution in [0.3, 0.4) is 0 Å². The maximum atomic E-state index is 12.7. The van der Waals surface area contributed by atoms with Gasteiger partial charge in [-0.3, -0.25) is 14.5 Å². The van der Waals surface area contributed by atoms with Crippen LogP contribution in [0.15, 0.2) is 41.3 Å². The third-order valence-electron chi connectivity index (χ3n) is 4.09. The number of halogens is 3. The molecule has 0 spiro atoms. The molecule has 162 valence electrons. The van der Waals surface area contributed by atoms with Crippen molar-refractivity contribution in [1.82, 2.24) is 4.90 Å². The van der Waals surface area contributed by atoms with Gasteiger partial charge in [-0.2, -0.15) is 0 Å². The Kier molecular flexibility index (Phi) is 8.26. The van der Waals surface area contributed by atoms with Crippen molar-refractivity contribution in [3.05, 3.63) is 66.0 Å². The third-order valence-corrected chi connectivity index (χ3v) is 6.27. The molecule has 0 radical (unpaired) electrons. The topological polar surface area (TPSA) is 72.9 Å². The van der Waals surface area contributed by atoms with E-state index in [0.717, 1.165) is 20.9 Å². The van der Waals surface area contributed by atoms with Crippen LogP contribution < -0.4 is 4.74 Å². The monoisotopic (exact) mass is 591 g/mol. The summed E-state index contributed by atoms with van der Waals surface area (Å²) in [6.07, 6.45) is 1.55. The number of rotatable bonds is 7. The average Bonchev–Trinajstić information content (AvgIpc) is 2.96. The molecule has 6 nitrogen and oxygen atoms in total. The quantitative estimate of drug-likeness (QED) is 0.231. The minimum Gasteiger partial charge on any atom is -0.479 e. The number of amides is 2. The van der Waals surface area contributed by atoms with Crippen molar-refractivity contribution in [2.45, 2.75) is 13.5 Å². The first-order chi connectivity index (χ1) is 14.8. The van der Waals surface area contributed by atoms with Crippen LogP contribution in [0.4, 0.5) is 4.79 Å². The lowest BCUT2D eigenvalue weighted by molar-refractivity contribution is -0.145. The fourth-order valence-corrected chi connectivity index (χ4v) is 4.51. The van der Waals surface area contributed by atoms with E-state index in [4.69, 9.17) is 32.7 Å². The Morgan fingerprint density at radius 2 is 1.81 bits per heavy atom. The van der Waals surface area contributed by atoms with Gasteiger partial charge >= 0.3 is 5.97 Å². The van der Waals surface area contributed by atoms with Crippen molar-refractivity contribution in [3.63, 3.8) is 0 Å². The van der Waals surface area contributed by atoms with Crippen molar-refractivity contribution < 1.29 is 23.9 Å². The molecule has 0 bridgehead atoms. The summed E-state index contributed by atoms with van der Waals surface area (Å²) in [6, 6.07) is 10.7. The molecule has 2 amide bonds. The summed E-state index contributed by atoms with van der Waals surface area (Å²) in [4.78, 5) is 38.0. The minimum atomic E-state index is -0.541. The van der Waals surface area contributed by atoms with Gasteiger partial charge in [0.05, 0.1) is 28.1 Å². The molecule has 2 aromatic rings. The Bertz CT molecular complexity index is 1040. The van der Waals surface area contributed by atoms with Crippen LogP contribution in [0.25, 0.3) is 6.08 Å². The molecule has 0 unspecified atom stereocenters. The number of carbonyl (C=O) groups excluding carboxylic acids is 3. The number of thioether (sulfide) groups is 1. The molecule has 1 aliphatic rings. The van der Waals surface area contributed by atoms with Crippen LogP contribution in [0.1, 0.15) is 18.1 Å². The number of carbonyl (C=O) groups is 3. The van der Waals surface area contributed by atoms with E-state index >= 15 is 0 Å². The SMILES string of the molecule is CCOC(=O)COc1c(Cl)cc(/C=C2\SC(=O)N(Cc3ccc(I)cc3)C2=O)cc1Cl. The number of ether oxygens (including phenoxy) is 2. The van der Waals surface area contributed by atoms with Crippen LogP contribution >= 0.6 is 57.6 Å². The number of esters is 1. The summed E-state index contributed by atoms with van der Waals surface area (Å²) in [6.45, 7) is 1.79. The maximum absolute atomic E-state index is 12.7. The lowest BCUT2D eigenvalue weighted by Gasteiger charge is -2.12. The molecule has 1 aliphatic heterocycles. The van der Waals surface area contributed by atoms with Gasteiger partial charge in [0.1, 0.15) is 0 Å². The molecule has 1 fully saturated rings. The van der Waals surface area contributed by atoms with Crippen LogP contribution in [0, 0.1) is 3.57 Å². The molecule has 3 rings (SSSR count). The predicted octanol–water partition coefficient (Wildman–Crippen LogP) is 5.78. The van der Waals surface area contributed by atoms with Crippen LogP contribution in [0.2, 0.25) is 10.0 Å². The van der Waals surface area contributed by atoms with Gasteiger partial charge in [-0.15, -0.1) is 0 Å². The predicted molar refractivity (Wildman–Crippen MR) is 129 cm³/mol. The van der Waals surface area contributed by atoms with Gasteiger partial charge in [-0.05, 0) is 82.7 Å². The van der Waals surface area contributed by atoms with Gasteiger partial charge < -0.3 is 9.47 Å². The molecule has 1 heterocycles. The Hall–Kier alpha value is -1.75. The van der Waals surface area contributed by atoms with Crippen molar-refractivity contribution in [2.24, 2.45) is 0 Å². The van der Waals surface area contributed by atoms with E-state index in [-0.39, 0.29) is 51.6 Å². The Balaban J connectivity index is 1.75. The second kappa shape index (κ2) is 10.7. The lowest BCUT2D eigenvalue weighted by Crippen LogP contribution is -2.27. The number of benzene rings is 2. The first-order valence-corrected chi connectivity index (χ1v) is 11.7. The smallest absolute Gasteiger partial charge is 0.344 e. The fraction of sp³-hybridized carbons (Fsp3) is 0.190. The Morgan fingerprint density at radius 3 is 2.42 bits per heavy atom. The third kappa shape index (κ3) is 6.15. The van der Waals surface area contributed by atoms with E-state index in [9.17, 15) is 14.4 Å². The summed E-state index contributed by atoms with van der Waals surface area (Å²) >= 11 is 15.5. The van der Waals surface area contributed by atoms with Gasteiger partial charge in [0.15, 0.2) is 12.4 Å². The van der Waals surface area contributed by atoms with Gasteiger partial charge in [-0.25, -0.2) is 4.79 Å². The highest BCUT2D eigenvalue weighted by molar-refractivity contribution is 14.1. The molecule has 0 aliphatic carbocycles. The summed E-state index contributed by atoms with van der Waals surface area (Å²) in [5, 5.41) is -0.0104. The Morgan fingerprint density at radius 1 is 1.16 bits per heavy atom. The number of hydrogen-bond donors (Lipinski definition) is 0. The number of hydrogen-bond acceptors (Lipinski definition) is 6. The zero-order valence-electron chi connectivity index (χ0n) is 16.2. The van der Waals surface area contributed by atoms with E-state index in [0.29, 0.717) is 5.56 Å². The maximum Gasteiger partial charge on any atom is 0.344 e. The van der Waals surface area contributed by atoms with E-state index in [1.165, 1.54) is 4.90 Å². The molecule has 0 aromatic heterocycles. The van der Waals surface area contributed by atoms with Gasteiger partial charge in [0, 0.05) is 3.57 Å². The second-order valence-corrected chi connectivity index (χ2v) is 9.35. The van der Waals surface area contributed by atoms with Crippen LogP contribution in [0.5, 0.6) is 5.75 Å². The van der Waals surface area contributed by atoms with Crippen molar-refractivity contribution >= 4 is 80.7 Å². The summed E-state index contributed by atoms with van der Waals surface area (Å²) < 4.78 is 11.2. The second-order valence-electron chi connectivity index (χ2n) is 6.30. The molecule has 31 heavy (non-hydrogen) atoms. The molecule has 2 aromatic carbocycles. The standard InChI is InChI=1S/C21H16Cl2INO5S/c1-2-29-18(26)11-30-19-15(22)7-13(8-16(19)23)9-17-20(27)25(21(28)31-17)10-12-3-5-14(24)6-4-12/h3-9H,2,10-11H2,1H3/b17-9-. The summed E-state index contributed by atoms with van der Waals surface area (Å²) in [5.41, 5.74) is 1.39. The first-order valence-electron chi connectivity index (χ1n) is 9.05. The van der Waals surface area contributed by atoms with Crippen molar-refractivity contribution in [3.8, 4) is 5.75 Å². The van der Waals surface area contributed by atoms with E-state index in [2.05, 4.69) is 22.6 Å². The normalized spacial score (nSPS) is 15.0. The zero-order chi connectivity index (χ0) is 22.5. The van der Waals surface area contributed by atoms with Crippen LogP contribution in [-0.2, 0) is 20.9 Å². The minimum absolute atomic E-state index is 0.139.